The zero-order valence-electron chi connectivity index (χ0n) is 12.4. The summed E-state index contributed by atoms with van der Waals surface area (Å²) in [6.45, 7) is 4.26. The van der Waals surface area contributed by atoms with Crippen molar-refractivity contribution in [3.05, 3.63) is 47.9 Å². The van der Waals surface area contributed by atoms with Crippen molar-refractivity contribution in [1.29, 1.82) is 0 Å². The number of esters is 1. The number of nitrogens with zero attached hydrogens (tertiary/aromatic N) is 2. The normalized spacial score (nSPS) is 11.8. The molecule has 1 atom stereocenters. The lowest BCUT2D eigenvalue weighted by atomic mass is 9.98. The highest BCUT2D eigenvalue weighted by atomic mass is 16.5. The summed E-state index contributed by atoms with van der Waals surface area (Å²) in [6.07, 6.45) is 3.83. The van der Waals surface area contributed by atoms with Gasteiger partial charge in [-0.25, -0.2) is 9.78 Å². The molecule has 110 valence electrons. The molecule has 2 rings (SSSR count). The topological polar surface area (TPSA) is 61.3 Å². The van der Waals surface area contributed by atoms with Crippen LogP contribution in [0.4, 0.5) is 0 Å². The summed E-state index contributed by atoms with van der Waals surface area (Å²) in [5.41, 5.74) is 1.22. The molecular weight excluding hydrogens is 268 g/mol. The van der Waals surface area contributed by atoms with Gasteiger partial charge in [0.1, 0.15) is 5.75 Å². The second kappa shape index (κ2) is 6.83. The van der Waals surface area contributed by atoms with Gasteiger partial charge in [0.2, 0.25) is 5.88 Å². The van der Waals surface area contributed by atoms with E-state index >= 15 is 0 Å². The predicted molar refractivity (Wildman–Crippen MR) is 78.6 cm³/mol. The first kappa shape index (κ1) is 15.0. The number of para-hydroxylation sites is 1. The minimum absolute atomic E-state index is 0.121. The van der Waals surface area contributed by atoms with Gasteiger partial charge in [-0.3, -0.25) is 4.98 Å². The quantitative estimate of drug-likeness (QED) is 0.786. The Kier molecular flexibility index (Phi) is 4.87. The Morgan fingerprint density at radius 2 is 2.05 bits per heavy atom. The fourth-order valence-corrected chi connectivity index (χ4v) is 1.91. The SMILES string of the molecule is CCC(C)c1ccccc1Oc1cncc(C(=O)OC)n1. The van der Waals surface area contributed by atoms with Crippen molar-refractivity contribution in [1.82, 2.24) is 9.97 Å². The van der Waals surface area contributed by atoms with E-state index in [0.29, 0.717) is 5.92 Å². The van der Waals surface area contributed by atoms with Crippen molar-refractivity contribution < 1.29 is 14.3 Å². The van der Waals surface area contributed by atoms with E-state index in [2.05, 4.69) is 28.6 Å². The van der Waals surface area contributed by atoms with E-state index in [-0.39, 0.29) is 11.6 Å². The number of rotatable bonds is 5. The first-order valence-electron chi connectivity index (χ1n) is 6.82. The summed E-state index contributed by atoms with van der Waals surface area (Å²) in [6, 6.07) is 7.79. The molecular formula is C16H18N2O3. The molecule has 1 aromatic heterocycles. The lowest BCUT2D eigenvalue weighted by Gasteiger charge is -2.14. The van der Waals surface area contributed by atoms with Crippen LogP contribution in [0.2, 0.25) is 0 Å². The summed E-state index contributed by atoms with van der Waals surface area (Å²) in [5, 5.41) is 0. The van der Waals surface area contributed by atoms with Gasteiger partial charge in [0.05, 0.1) is 19.5 Å². The van der Waals surface area contributed by atoms with Gasteiger partial charge >= 0.3 is 5.97 Å². The first-order valence-corrected chi connectivity index (χ1v) is 6.82. The van der Waals surface area contributed by atoms with Crippen molar-refractivity contribution in [3.63, 3.8) is 0 Å². The van der Waals surface area contributed by atoms with Crippen LogP contribution in [0.1, 0.15) is 42.2 Å². The first-order chi connectivity index (χ1) is 10.2. The standard InChI is InChI=1S/C16H18N2O3/c1-4-11(2)12-7-5-6-8-14(12)21-15-10-17-9-13(18-15)16(19)20-3/h5-11H,4H2,1-3H3. The van der Waals surface area contributed by atoms with Crippen LogP contribution < -0.4 is 4.74 Å². The molecule has 2 aromatic rings. The maximum Gasteiger partial charge on any atom is 0.358 e. The van der Waals surface area contributed by atoms with Crippen LogP contribution >= 0.6 is 0 Å². The monoisotopic (exact) mass is 286 g/mol. The van der Waals surface area contributed by atoms with Crippen molar-refractivity contribution in [2.24, 2.45) is 0 Å². The molecule has 0 saturated heterocycles. The van der Waals surface area contributed by atoms with Crippen LogP contribution in [0.25, 0.3) is 0 Å². The van der Waals surface area contributed by atoms with Crippen molar-refractivity contribution in [2.75, 3.05) is 7.11 Å². The molecule has 21 heavy (non-hydrogen) atoms. The average molecular weight is 286 g/mol. The van der Waals surface area contributed by atoms with Crippen LogP contribution in [0.15, 0.2) is 36.7 Å². The van der Waals surface area contributed by atoms with Crippen molar-refractivity contribution in [2.45, 2.75) is 26.2 Å². The number of benzene rings is 1. The van der Waals surface area contributed by atoms with E-state index in [0.717, 1.165) is 17.7 Å². The Labute approximate surface area is 124 Å². The number of aromatic nitrogens is 2. The Bertz CT molecular complexity index is 628. The highest BCUT2D eigenvalue weighted by molar-refractivity contribution is 5.86. The summed E-state index contributed by atoms with van der Waals surface area (Å²) in [5.74, 6) is 0.831. The van der Waals surface area contributed by atoms with Gasteiger partial charge in [-0.2, -0.15) is 0 Å². The number of carbonyl (C=O) groups excluding carboxylic acids is 1. The largest absolute Gasteiger partial charge is 0.464 e. The molecule has 0 aliphatic rings. The summed E-state index contributed by atoms with van der Waals surface area (Å²) >= 11 is 0. The molecule has 0 aliphatic heterocycles. The Morgan fingerprint density at radius 3 is 2.76 bits per heavy atom. The highest BCUT2D eigenvalue weighted by Crippen LogP contribution is 2.31. The minimum Gasteiger partial charge on any atom is -0.464 e. The maximum atomic E-state index is 11.5. The Hall–Kier alpha value is -2.43. The predicted octanol–water partition coefficient (Wildman–Crippen LogP) is 3.57. The van der Waals surface area contributed by atoms with Gasteiger partial charge < -0.3 is 9.47 Å². The molecule has 5 heteroatoms. The maximum absolute atomic E-state index is 11.5. The van der Waals surface area contributed by atoms with Crippen LogP contribution in [0.5, 0.6) is 11.6 Å². The molecule has 0 radical (unpaired) electrons. The Morgan fingerprint density at radius 1 is 1.29 bits per heavy atom. The lowest BCUT2D eigenvalue weighted by molar-refractivity contribution is 0.0592. The molecule has 0 saturated carbocycles. The van der Waals surface area contributed by atoms with Gasteiger partial charge in [-0.15, -0.1) is 0 Å². The Balaban J connectivity index is 2.28. The molecule has 0 bridgehead atoms. The van der Waals surface area contributed by atoms with Gasteiger partial charge in [-0.05, 0) is 24.0 Å². The van der Waals surface area contributed by atoms with Gasteiger partial charge in [0, 0.05) is 0 Å². The second-order valence-corrected chi connectivity index (χ2v) is 4.68. The smallest absolute Gasteiger partial charge is 0.358 e. The molecule has 0 N–H and O–H groups in total. The van der Waals surface area contributed by atoms with E-state index in [1.807, 2.05) is 24.3 Å². The number of hydrogen-bond donors (Lipinski definition) is 0. The minimum atomic E-state index is -0.539. The third-order valence-corrected chi connectivity index (χ3v) is 3.28. The molecule has 0 amide bonds. The molecule has 1 heterocycles. The van der Waals surface area contributed by atoms with Gasteiger partial charge in [0.25, 0.3) is 0 Å². The van der Waals surface area contributed by atoms with Crippen molar-refractivity contribution >= 4 is 5.97 Å². The molecule has 0 spiro atoms. The second-order valence-electron chi connectivity index (χ2n) is 4.68. The molecule has 5 nitrogen and oxygen atoms in total. The molecule has 1 aromatic carbocycles. The zero-order valence-corrected chi connectivity index (χ0v) is 12.4. The van der Waals surface area contributed by atoms with Crippen LogP contribution in [0.3, 0.4) is 0 Å². The fourth-order valence-electron chi connectivity index (χ4n) is 1.91. The molecule has 1 unspecified atom stereocenters. The van der Waals surface area contributed by atoms with E-state index in [1.165, 1.54) is 19.5 Å². The zero-order chi connectivity index (χ0) is 15.2. The third kappa shape index (κ3) is 3.56. The average Bonchev–Trinajstić information content (AvgIpc) is 2.54. The van der Waals surface area contributed by atoms with Crippen LogP contribution in [0, 0.1) is 0 Å². The van der Waals surface area contributed by atoms with E-state index in [4.69, 9.17) is 4.74 Å². The van der Waals surface area contributed by atoms with Gasteiger partial charge in [0.15, 0.2) is 5.69 Å². The van der Waals surface area contributed by atoms with Crippen LogP contribution in [-0.2, 0) is 4.74 Å². The van der Waals surface area contributed by atoms with Gasteiger partial charge in [-0.1, -0.05) is 32.0 Å². The molecule has 0 fully saturated rings. The third-order valence-electron chi connectivity index (χ3n) is 3.28. The van der Waals surface area contributed by atoms with Crippen molar-refractivity contribution in [3.8, 4) is 11.6 Å². The molecule has 0 aliphatic carbocycles. The van der Waals surface area contributed by atoms with Crippen LogP contribution in [-0.4, -0.2) is 23.0 Å². The summed E-state index contributed by atoms with van der Waals surface area (Å²) < 4.78 is 10.4. The highest BCUT2D eigenvalue weighted by Gasteiger charge is 2.13. The summed E-state index contributed by atoms with van der Waals surface area (Å²) in [7, 11) is 1.30. The number of methoxy groups -OCH3 is 1. The summed E-state index contributed by atoms with van der Waals surface area (Å²) in [4.78, 5) is 19.5. The fraction of sp³-hybridized carbons (Fsp3) is 0.312. The number of carbonyl (C=O) groups is 1. The lowest BCUT2D eigenvalue weighted by Crippen LogP contribution is -2.06. The van der Waals surface area contributed by atoms with E-state index < -0.39 is 5.97 Å². The van der Waals surface area contributed by atoms with E-state index in [9.17, 15) is 4.79 Å². The number of ether oxygens (including phenoxy) is 2. The van der Waals surface area contributed by atoms with E-state index in [1.54, 1.807) is 0 Å². The number of hydrogen-bond acceptors (Lipinski definition) is 5.